The number of nitrogens with zero attached hydrogens (tertiary/aromatic N) is 3. The number of likely N-dealkylation sites (tertiary alicyclic amines) is 1. The van der Waals surface area contributed by atoms with E-state index in [1.807, 2.05) is 0 Å². The number of β-amino-alcohol motifs (C(OH)–C–C–N with tert-alkyl or cyclic N) is 1. The molecule has 0 spiro atoms. The second-order valence-electron chi connectivity index (χ2n) is 7.42. The Morgan fingerprint density at radius 1 is 1.19 bits per heavy atom. The number of nitrogen functional groups attached to an aromatic ring is 1. The molecule has 1 saturated heterocycles. The number of carbonyl (C=O) groups is 5. The highest BCUT2D eigenvalue weighted by Crippen LogP contribution is 2.30. The molecule has 3 rings (SSSR count). The van der Waals surface area contributed by atoms with Crippen LogP contribution in [0.5, 0.6) is 0 Å². The standard InChI is InChI=1S/C15H15N3O5.C5H11NO2/c16-8-1-2-9-10(7-8)14(22)18(13(9)21)11-3-4-12(20)17(5-6-19)15(11)23;1-4(5(7)8)6(2)3/h1-2,7,11,19H,3-6,16H2;4H,1-3H3,(H,7,8)/t;4-/m.0/s1. The summed E-state index contributed by atoms with van der Waals surface area (Å²) < 4.78 is 0. The third kappa shape index (κ3) is 4.89. The van der Waals surface area contributed by atoms with Crippen molar-refractivity contribution >= 4 is 35.3 Å². The minimum Gasteiger partial charge on any atom is -0.480 e. The van der Waals surface area contributed by atoms with Crippen molar-refractivity contribution in [3.8, 4) is 0 Å². The zero-order valence-electron chi connectivity index (χ0n) is 17.6. The number of likely N-dealkylation sites (N-methyl/N-ethyl adjacent to an activating group) is 1. The van der Waals surface area contributed by atoms with Crippen LogP contribution in [0.25, 0.3) is 0 Å². The van der Waals surface area contributed by atoms with Crippen molar-refractivity contribution in [3.05, 3.63) is 29.3 Å². The molecule has 0 bridgehead atoms. The lowest BCUT2D eigenvalue weighted by atomic mass is 10.0. The summed E-state index contributed by atoms with van der Waals surface area (Å²) in [7, 11) is 3.47. The summed E-state index contributed by atoms with van der Waals surface area (Å²) in [5.41, 5.74) is 6.34. The molecule has 2 atom stereocenters. The van der Waals surface area contributed by atoms with Gasteiger partial charge in [-0.05, 0) is 45.6 Å². The topological polar surface area (TPSA) is 162 Å². The molecule has 1 aromatic carbocycles. The number of nitrogens with two attached hydrogens (primary N) is 1. The molecule has 31 heavy (non-hydrogen) atoms. The van der Waals surface area contributed by atoms with Gasteiger partial charge in [-0.2, -0.15) is 0 Å². The molecule has 4 amide bonds. The number of hydrogen-bond donors (Lipinski definition) is 3. The van der Waals surface area contributed by atoms with Crippen LogP contribution in [-0.2, 0) is 14.4 Å². The van der Waals surface area contributed by atoms with E-state index in [9.17, 15) is 24.0 Å². The highest BCUT2D eigenvalue weighted by Gasteiger charge is 2.46. The Kier molecular flexibility index (Phi) is 7.47. The van der Waals surface area contributed by atoms with Gasteiger partial charge in [-0.1, -0.05) is 0 Å². The van der Waals surface area contributed by atoms with Gasteiger partial charge in [0.05, 0.1) is 24.3 Å². The Balaban J connectivity index is 0.000000366. The van der Waals surface area contributed by atoms with E-state index >= 15 is 0 Å². The van der Waals surface area contributed by atoms with Crippen LogP contribution in [0.4, 0.5) is 5.69 Å². The zero-order chi connectivity index (χ0) is 23.5. The Hall–Kier alpha value is -3.31. The number of carboxylic acids is 1. The average Bonchev–Trinajstić information content (AvgIpc) is 2.95. The van der Waals surface area contributed by atoms with Crippen LogP contribution < -0.4 is 5.73 Å². The molecule has 1 unspecified atom stereocenters. The van der Waals surface area contributed by atoms with Crippen LogP contribution in [0.15, 0.2) is 18.2 Å². The predicted molar refractivity (Wildman–Crippen MR) is 109 cm³/mol. The van der Waals surface area contributed by atoms with Crippen molar-refractivity contribution in [2.75, 3.05) is 33.0 Å². The minimum absolute atomic E-state index is 0.0337. The number of carbonyl (C=O) groups excluding carboxylic acids is 4. The summed E-state index contributed by atoms with van der Waals surface area (Å²) in [4.78, 5) is 62.7. The fourth-order valence-electron chi connectivity index (χ4n) is 3.18. The molecule has 1 aromatic rings. The molecule has 11 nitrogen and oxygen atoms in total. The van der Waals surface area contributed by atoms with Gasteiger partial charge >= 0.3 is 5.97 Å². The first-order valence-corrected chi connectivity index (χ1v) is 9.63. The molecule has 0 radical (unpaired) electrons. The summed E-state index contributed by atoms with van der Waals surface area (Å²) in [5, 5.41) is 17.3. The summed E-state index contributed by atoms with van der Waals surface area (Å²) >= 11 is 0. The van der Waals surface area contributed by atoms with Crippen molar-refractivity contribution in [1.82, 2.24) is 14.7 Å². The van der Waals surface area contributed by atoms with Gasteiger partial charge < -0.3 is 15.9 Å². The first-order valence-electron chi connectivity index (χ1n) is 9.63. The first kappa shape index (κ1) is 24.0. The van der Waals surface area contributed by atoms with Gasteiger partial charge in [-0.25, -0.2) is 0 Å². The SMILES string of the molecule is C[C@@H](C(=O)O)N(C)C.Nc1ccc2c(c1)C(=O)N(C1CCC(=O)N(CCO)C1=O)C2=O. The number of aliphatic carboxylic acids is 1. The monoisotopic (exact) mass is 434 g/mol. The molecule has 2 heterocycles. The van der Waals surface area contributed by atoms with Crippen LogP contribution in [0.3, 0.4) is 0 Å². The second kappa shape index (κ2) is 9.67. The number of piperidine rings is 1. The van der Waals surface area contributed by atoms with E-state index in [0.717, 1.165) is 9.80 Å². The van der Waals surface area contributed by atoms with Crippen LogP contribution in [0, 0.1) is 0 Å². The number of anilines is 1. The molecule has 0 saturated carbocycles. The van der Waals surface area contributed by atoms with Crippen molar-refractivity contribution < 1.29 is 34.2 Å². The number of aliphatic hydroxyl groups excluding tert-OH is 1. The van der Waals surface area contributed by atoms with Crippen LogP contribution in [-0.4, -0.2) is 93.8 Å². The molecule has 2 aliphatic heterocycles. The Morgan fingerprint density at radius 2 is 1.81 bits per heavy atom. The number of hydrogen-bond acceptors (Lipinski definition) is 8. The average molecular weight is 434 g/mol. The van der Waals surface area contributed by atoms with Crippen LogP contribution in [0.1, 0.15) is 40.5 Å². The molecular weight excluding hydrogens is 408 g/mol. The lowest BCUT2D eigenvalue weighted by molar-refractivity contribution is -0.152. The Morgan fingerprint density at radius 3 is 2.32 bits per heavy atom. The number of carboxylic acid groups (broad SMARTS) is 1. The Labute approximate surface area is 179 Å². The summed E-state index contributed by atoms with van der Waals surface area (Å²) in [6.45, 7) is 1.12. The third-order valence-electron chi connectivity index (χ3n) is 5.19. The molecule has 0 aromatic heterocycles. The zero-order valence-corrected chi connectivity index (χ0v) is 17.6. The van der Waals surface area contributed by atoms with E-state index in [4.69, 9.17) is 15.9 Å². The van der Waals surface area contributed by atoms with Crippen molar-refractivity contribution in [3.63, 3.8) is 0 Å². The molecule has 168 valence electrons. The van der Waals surface area contributed by atoms with Gasteiger partial charge in [-0.3, -0.25) is 38.7 Å². The van der Waals surface area contributed by atoms with Crippen LogP contribution >= 0.6 is 0 Å². The smallest absolute Gasteiger partial charge is 0.320 e. The maximum absolute atomic E-state index is 12.5. The van der Waals surface area contributed by atoms with E-state index in [0.29, 0.717) is 5.69 Å². The van der Waals surface area contributed by atoms with Crippen molar-refractivity contribution in [2.45, 2.75) is 31.8 Å². The van der Waals surface area contributed by atoms with Gasteiger partial charge in [0.1, 0.15) is 12.1 Å². The second-order valence-corrected chi connectivity index (χ2v) is 7.42. The highest BCUT2D eigenvalue weighted by atomic mass is 16.4. The molecule has 4 N–H and O–H groups in total. The molecule has 2 aliphatic rings. The predicted octanol–water partition coefficient (Wildman–Crippen LogP) is -0.604. The molecular formula is C20H26N4O7. The molecule has 11 heteroatoms. The summed E-state index contributed by atoms with van der Waals surface area (Å²) in [6.07, 6.45) is 0.118. The first-order chi connectivity index (χ1) is 14.5. The molecule has 0 aliphatic carbocycles. The van der Waals surface area contributed by atoms with E-state index in [-0.39, 0.29) is 43.2 Å². The van der Waals surface area contributed by atoms with Gasteiger partial charge in [0, 0.05) is 12.1 Å². The highest BCUT2D eigenvalue weighted by molar-refractivity contribution is 6.23. The normalized spacial score (nSPS) is 19.3. The quantitative estimate of drug-likeness (QED) is 0.406. The number of rotatable bonds is 5. The number of benzene rings is 1. The van der Waals surface area contributed by atoms with Gasteiger partial charge in [0.2, 0.25) is 5.91 Å². The van der Waals surface area contributed by atoms with Crippen LogP contribution in [0.2, 0.25) is 0 Å². The van der Waals surface area contributed by atoms with E-state index in [2.05, 4.69) is 0 Å². The Bertz CT molecular complexity index is 915. The largest absolute Gasteiger partial charge is 0.480 e. The third-order valence-corrected chi connectivity index (χ3v) is 5.19. The lowest BCUT2D eigenvalue weighted by Crippen LogP contribution is -2.56. The van der Waals surface area contributed by atoms with Gasteiger partial charge in [-0.15, -0.1) is 0 Å². The summed E-state index contributed by atoms with van der Waals surface area (Å²) in [6, 6.07) is 2.95. The number of aliphatic hydroxyl groups is 1. The molecule has 1 fully saturated rings. The maximum atomic E-state index is 12.5. The maximum Gasteiger partial charge on any atom is 0.320 e. The van der Waals surface area contributed by atoms with Gasteiger partial charge in [0.15, 0.2) is 0 Å². The van der Waals surface area contributed by atoms with Crippen molar-refractivity contribution in [2.24, 2.45) is 0 Å². The fourth-order valence-corrected chi connectivity index (χ4v) is 3.18. The fraction of sp³-hybridized carbons (Fsp3) is 0.450. The number of amides is 4. The van der Waals surface area contributed by atoms with E-state index < -0.39 is 35.6 Å². The minimum atomic E-state index is -1.03. The van der Waals surface area contributed by atoms with E-state index in [1.54, 1.807) is 25.9 Å². The summed E-state index contributed by atoms with van der Waals surface area (Å²) in [5.74, 6) is -3.00. The number of imide groups is 2. The van der Waals surface area contributed by atoms with E-state index in [1.165, 1.54) is 18.2 Å². The number of fused-ring (bicyclic) bond motifs is 1. The van der Waals surface area contributed by atoms with Gasteiger partial charge in [0.25, 0.3) is 17.7 Å². The van der Waals surface area contributed by atoms with Crippen molar-refractivity contribution in [1.29, 1.82) is 0 Å². The lowest BCUT2D eigenvalue weighted by Gasteiger charge is -2.34.